The van der Waals surface area contributed by atoms with Gasteiger partial charge in [0, 0.05) is 11.5 Å². The van der Waals surface area contributed by atoms with Gasteiger partial charge in [0.25, 0.3) is 11.8 Å². The number of alkyl halides is 5. The number of carbonyl (C=O) groups excluding carboxylic acids is 4. The summed E-state index contributed by atoms with van der Waals surface area (Å²) >= 11 is 13.9. The Morgan fingerprint density at radius 2 is 1.44 bits per heavy atom. The highest BCUT2D eigenvalue weighted by Gasteiger charge is 2.77. The minimum Gasteiger partial charge on any atom is -0.508 e. The zero-order chi connectivity index (χ0) is 39.6. The van der Waals surface area contributed by atoms with Crippen molar-refractivity contribution in [3.8, 4) is 11.5 Å². The Labute approximate surface area is 307 Å². The number of ether oxygens (including phenoxy) is 1. The predicted molar refractivity (Wildman–Crippen MR) is 170 cm³/mol. The smallest absolute Gasteiger partial charge is 0.508 e. The SMILES string of the molecule is O=C1[C@H]2[C@H](CC=C3[C@H]2C[C@@]2(Cl)C(=O)N(c4c(F)c(F)c(F)c(F)c4F)C(=O)[C@@]2(Cl)[C@H]3c2cc(OC(F)(F)F)ccc2O)C(=O)N1c1cccc(B(O)O)c1. The fraction of sp³-hybridized carbons (Fsp3) is 0.273. The van der Waals surface area contributed by atoms with E-state index in [9.17, 15) is 60.7 Å². The summed E-state index contributed by atoms with van der Waals surface area (Å²) in [7, 11) is -2.02. The van der Waals surface area contributed by atoms with E-state index in [2.05, 4.69) is 4.74 Å². The predicted octanol–water partition coefficient (Wildman–Crippen LogP) is 4.43. The molecule has 7 rings (SSSR count). The molecule has 3 N–H and O–H groups in total. The van der Waals surface area contributed by atoms with Crippen molar-refractivity contribution in [1.82, 2.24) is 0 Å². The average molecular weight is 805 g/mol. The Bertz CT molecular complexity index is 2210. The lowest BCUT2D eigenvalue weighted by atomic mass is 9.56. The number of anilines is 2. The van der Waals surface area contributed by atoms with Gasteiger partial charge in [0.1, 0.15) is 17.2 Å². The third kappa shape index (κ3) is 5.15. The summed E-state index contributed by atoms with van der Waals surface area (Å²) in [5.74, 6) is -26.8. The molecule has 282 valence electrons. The minimum atomic E-state index is -5.32. The zero-order valence-corrected chi connectivity index (χ0v) is 28.0. The molecule has 2 heterocycles. The molecule has 0 radical (unpaired) electrons. The summed E-state index contributed by atoms with van der Waals surface area (Å²) in [5.41, 5.74) is -3.18. The van der Waals surface area contributed by atoms with Gasteiger partial charge in [-0.05, 0) is 54.6 Å². The number of phenols is 1. The van der Waals surface area contributed by atoms with Gasteiger partial charge in [-0.3, -0.25) is 24.1 Å². The van der Waals surface area contributed by atoms with Crippen LogP contribution < -0.4 is 20.0 Å². The lowest BCUT2D eigenvalue weighted by Crippen LogP contribution is -2.60. The molecule has 0 unspecified atom stereocenters. The van der Waals surface area contributed by atoms with Crippen LogP contribution in [-0.4, -0.2) is 62.0 Å². The van der Waals surface area contributed by atoms with Crippen LogP contribution in [0, 0.1) is 46.8 Å². The number of benzene rings is 3. The van der Waals surface area contributed by atoms with Crippen LogP contribution in [0.1, 0.15) is 24.3 Å². The number of nitrogens with zero attached hydrogens (tertiary/aromatic N) is 2. The first kappa shape index (κ1) is 37.6. The quantitative estimate of drug-likeness (QED) is 0.0654. The Morgan fingerprint density at radius 3 is 2.06 bits per heavy atom. The van der Waals surface area contributed by atoms with E-state index in [4.69, 9.17) is 23.2 Å². The van der Waals surface area contributed by atoms with E-state index in [1.807, 2.05) is 0 Å². The van der Waals surface area contributed by atoms with Crippen molar-refractivity contribution in [2.45, 2.75) is 34.9 Å². The molecule has 1 saturated carbocycles. The average Bonchev–Trinajstić information content (AvgIpc) is 3.45. The van der Waals surface area contributed by atoms with Crippen LogP contribution in [0.15, 0.2) is 54.1 Å². The van der Waals surface area contributed by atoms with E-state index < -0.39 is 134 Å². The maximum Gasteiger partial charge on any atom is 0.573 e. The molecule has 0 aromatic heterocycles. The van der Waals surface area contributed by atoms with Crippen molar-refractivity contribution in [1.29, 1.82) is 0 Å². The molecule has 10 nitrogen and oxygen atoms in total. The minimum absolute atomic E-state index is 0.120. The van der Waals surface area contributed by atoms with Crippen molar-refractivity contribution in [3.05, 3.63) is 88.8 Å². The van der Waals surface area contributed by atoms with E-state index in [1.54, 1.807) is 0 Å². The number of allylic oxidation sites excluding steroid dienone is 2. The van der Waals surface area contributed by atoms with E-state index in [1.165, 1.54) is 24.3 Å². The van der Waals surface area contributed by atoms with Crippen LogP contribution in [0.25, 0.3) is 0 Å². The second-order valence-electron chi connectivity index (χ2n) is 12.9. The van der Waals surface area contributed by atoms with Gasteiger partial charge < -0.3 is 19.9 Å². The largest absolute Gasteiger partial charge is 0.573 e. The molecule has 0 bridgehead atoms. The molecule has 2 aliphatic heterocycles. The van der Waals surface area contributed by atoms with Gasteiger partial charge in [-0.2, -0.15) is 0 Å². The third-order valence-corrected chi connectivity index (χ3v) is 11.6. The van der Waals surface area contributed by atoms with E-state index in [0.717, 1.165) is 6.07 Å². The van der Waals surface area contributed by atoms with E-state index in [-0.39, 0.29) is 23.1 Å². The van der Waals surface area contributed by atoms with Gasteiger partial charge >= 0.3 is 13.5 Å². The summed E-state index contributed by atoms with van der Waals surface area (Å²) in [4.78, 5) is 50.7. The third-order valence-electron chi connectivity index (χ3n) is 10.2. The molecule has 3 fully saturated rings. The molecule has 4 aliphatic rings. The number of carbonyl (C=O) groups is 4. The van der Waals surface area contributed by atoms with Crippen molar-refractivity contribution >= 4 is 70.8 Å². The number of halogens is 10. The summed E-state index contributed by atoms with van der Waals surface area (Å²) in [6.45, 7) is 0. The van der Waals surface area contributed by atoms with Crippen LogP contribution in [0.4, 0.5) is 46.5 Å². The lowest BCUT2D eigenvalue weighted by Gasteiger charge is -2.50. The van der Waals surface area contributed by atoms with Gasteiger partial charge in [-0.1, -0.05) is 23.8 Å². The van der Waals surface area contributed by atoms with E-state index in [0.29, 0.717) is 23.1 Å². The second-order valence-corrected chi connectivity index (χ2v) is 14.2. The molecule has 2 saturated heterocycles. The van der Waals surface area contributed by atoms with Crippen LogP contribution in [0.5, 0.6) is 11.5 Å². The Balaban J connectivity index is 1.44. The number of imide groups is 2. The zero-order valence-electron chi connectivity index (χ0n) is 26.5. The van der Waals surface area contributed by atoms with Gasteiger partial charge in [-0.15, -0.1) is 36.4 Å². The topological polar surface area (TPSA) is 145 Å². The number of hydrogen-bond acceptors (Lipinski definition) is 8. The van der Waals surface area contributed by atoms with Crippen molar-refractivity contribution in [3.63, 3.8) is 0 Å². The maximum absolute atomic E-state index is 15.2. The molecular weight excluding hydrogens is 786 g/mol. The number of phenolic OH excluding ortho intramolecular Hbond substituents is 1. The molecule has 2 aliphatic carbocycles. The summed E-state index contributed by atoms with van der Waals surface area (Å²) in [6, 6.07) is 6.88. The van der Waals surface area contributed by atoms with Crippen LogP contribution in [-0.2, 0) is 19.2 Å². The van der Waals surface area contributed by atoms with Gasteiger partial charge in [0.2, 0.25) is 17.6 Å². The van der Waals surface area contributed by atoms with Crippen molar-refractivity contribution < 1.29 is 74.2 Å². The van der Waals surface area contributed by atoms with Gasteiger partial charge in [0.05, 0.1) is 17.5 Å². The highest BCUT2D eigenvalue weighted by Crippen LogP contribution is 2.67. The Kier molecular flexibility index (Phi) is 8.64. The number of amides is 4. The summed E-state index contributed by atoms with van der Waals surface area (Å²) in [5, 5.41) is 30.4. The Morgan fingerprint density at radius 1 is 0.815 bits per heavy atom. The van der Waals surface area contributed by atoms with Crippen molar-refractivity contribution in [2.24, 2.45) is 17.8 Å². The monoisotopic (exact) mass is 804 g/mol. The molecule has 6 atom stereocenters. The molecule has 4 amide bonds. The fourth-order valence-corrected chi connectivity index (χ4v) is 8.88. The molecule has 3 aromatic rings. The number of hydrogen-bond donors (Lipinski definition) is 3. The standard InChI is InChI=1S/C33H19BCl2F8N2O8/c35-31-10-17-14(5-6-15-19(17)28(49)45(27(15)48)12-3-1-2-11(8-12)34(52)53)20(16-9-13(4-7-18(16)47)54-33(42,43)44)32(31,36)30(51)46(29(31)50)26-24(40)22(38)21(37)23(39)25(26)41/h1-5,7-9,15,17,19-20,47,52-53H,6,10H2/t15-,17+,19-,20+,31+,32-/m0/s1. The highest BCUT2D eigenvalue weighted by molar-refractivity contribution is 6.59. The van der Waals surface area contributed by atoms with Crippen LogP contribution in [0.3, 0.4) is 0 Å². The lowest BCUT2D eigenvalue weighted by molar-refractivity contribution is -0.274. The van der Waals surface area contributed by atoms with Gasteiger partial charge in [0.15, 0.2) is 33.0 Å². The molecule has 3 aromatic carbocycles. The first-order valence-electron chi connectivity index (χ1n) is 15.6. The number of rotatable bonds is 5. The normalized spacial score (nSPS) is 27.9. The fourth-order valence-electron chi connectivity index (χ4n) is 7.95. The molecular formula is C33H19BCl2F8N2O8. The molecule has 0 spiro atoms. The summed E-state index contributed by atoms with van der Waals surface area (Å²) < 4.78 is 117. The summed E-state index contributed by atoms with van der Waals surface area (Å²) in [6.07, 6.45) is -5.32. The van der Waals surface area contributed by atoms with Crippen LogP contribution in [0.2, 0.25) is 0 Å². The maximum atomic E-state index is 15.2. The Hall–Kier alpha value is -4.72. The van der Waals surface area contributed by atoms with Crippen LogP contribution >= 0.6 is 23.2 Å². The first-order chi connectivity index (χ1) is 25.2. The van der Waals surface area contributed by atoms with E-state index >= 15 is 8.78 Å². The first-order valence-corrected chi connectivity index (χ1v) is 16.3. The second kappa shape index (κ2) is 12.4. The van der Waals surface area contributed by atoms with Gasteiger partial charge in [-0.25, -0.2) is 26.9 Å². The molecule has 54 heavy (non-hydrogen) atoms. The van der Waals surface area contributed by atoms with Crippen molar-refractivity contribution in [2.75, 3.05) is 9.80 Å². The number of fused-ring (bicyclic) bond motifs is 4. The highest BCUT2D eigenvalue weighted by atomic mass is 35.5. The number of aromatic hydroxyl groups is 1. The molecule has 21 heteroatoms.